The van der Waals surface area contributed by atoms with E-state index in [0.717, 1.165) is 25.1 Å². The van der Waals surface area contributed by atoms with Crippen LogP contribution in [0.25, 0.3) is 0 Å². The van der Waals surface area contributed by atoms with Crippen LogP contribution in [0.15, 0.2) is 24.3 Å². The minimum Gasteiger partial charge on any atom is -0.358 e. The Morgan fingerprint density at radius 3 is 3.00 bits per heavy atom. The van der Waals surface area contributed by atoms with Crippen molar-refractivity contribution in [3.8, 4) is 0 Å². The highest BCUT2D eigenvalue weighted by Crippen LogP contribution is 2.28. The second kappa shape index (κ2) is 5.27. The number of hydrogen-bond donors (Lipinski definition) is 1. The van der Waals surface area contributed by atoms with Crippen LogP contribution in [-0.2, 0) is 4.79 Å². The molecule has 92 valence electrons. The van der Waals surface area contributed by atoms with Crippen LogP contribution in [0.2, 0.25) is 0 Å². The van der Waals surface area contributed by atoms with E-state index in [1.54, 1.807) is 13.1 Å². The monoisotopic (exact) mass is 236 g/mol. The third-order valence-electron chi connectivity index (χ3n) is 3.26. The predicted octanol–water partition coefficient (Wildman–Crippen LogP) is 1.36. The number of amides is 1. The molecule has 17 heavy (non-hydrogen) atoms. The first-order valence-electron chi connectivity index (χ1n) is 5.88. The third kappa shape index (κ3) is 2.82. The molecule has 1 atom stereocenters. The fourth-order valence-electron chi connectivity index (χ4n) is 2.32. The van der Waals surface area contributed by atoms with E-state index >= 15 is 0 Å². The molecule has 1 aromatic rings. The molecule has 1 N–H and O–H groups in total. The first kappa shape index (κ1) is 12.0. The van der Waals surface area contributed by atoms with E-state index in [0.29, 0.717) is 6.54 Å². The molecule has 0 saturated carbocycles. The van der Waals surface area contributed by atoms with E-state index in [1.807, 2.05) is 12.1 Å². The Kier molecular flexibility index (Phi) is 3.74. The van der Waals surface area contributed by atoms with Gasteiger partial charge in [0.15, 0.2) is 0 Å². The van der Waals surface area contributed by atoms with E-state index in [9.17, 15) is 9.18 Å². The minimum atomic E-state index is -0.140. The van der Waals surface area contributed by atoms with Gasteiger partial charge in [0.25, 0.3) is 0 Å². The highest BCUT2D eigenvalue weighted by molar-refractivity contribution is 5.77. The van der Waals surface area contributed by atoms with Gasteiger partial charge >= 0.3 is 0 Å². The van der Waals surface area contributed by atoms with Crippen LogP contribution in [0.1, 0.15) is 17.9 Å². The molecule has 1 aliphatic heterocycles. The minimum absolute atomic E-state index is 0.0131. The van der Waals surface area contributed by atoms with Crippen molar-refractivity contribution < 1.29 is 9.18 Å². The van der Waals surface area contributed by atoms with Gasteiger partial charge in [-0.25, -0.2) is 4.39 Å². The molecule has 1 saturated heterocycles. The number of rotatable bonds is 3. The Morgan fingerprint density at radius 1 is 1.53 bits per heavy atom. The van der Waals surface area contributed by atoms with Crippen molar-refractivity contribution in [2.45, 2.75) is 12.3 Å². The number of hydrogen-bond acceptors (Lipinski definition) is 2. The first-order chi connectivity index (χ1) is 8.20. The largest absolute Gasteiger partial charge is 0.358 e. The van der Waals surface area contributed by atoms with Crippen molar-refractivity contribution in [3.05, 3.63) is 35.6 Å². The SMILES string of the molecule is CNC(=O)CN1CCC(c2ccccc2F)C1. The van der Waals surface area contributed by atoms with Crippen LogP contribution in [0, 0.1) is 5.82 Å². The molecule has 0 spiro atoms. The van der Waals surface area contributed by atoms with Crippen molar-refractivity contribution >= 4 is 5.91 Å². The molecule has 1 unspecified atom stereocenters. The smallest absolute Gasteiger partial charge is 0.233 e. The highest BCUT2D eigenvalue weighted by Gasteiger charge is 2.26. The zero-order valence-electron chi connectivity index (χ0n) is 9.95. The fourth-order valence-corrected chi connectivity index (χ4v) is 2.32. The van der Waals surface area contributed by atoms with Gasteiger partial charge in [-0.1, -0.05) is 18.2 Å². The molecule has 3 nitrogen and oxygen atoms in total. The van der Waals surface area contributed by atoms with Crippen LogP contribution >= 0.6 is 0 Å². The summed E-state index contributed by atoms with van der Waals surface area (Å²) in [5.41, 5.74) is 0.770. The van der Waals surface area contributed by atoms with Crippen LogP contribution < -0.4 is 5.32 Å². The first-order valence-corrected chi connectivity index (χ1v) is 5.88. The molecular formula is C13H17FN2O. The van der Waals surface area contributed by atoms with Gasteiger partial charge < -0.3 is 5.32 Å². The van der Waals surface area contributed by atoms with E-state index < -0.39 is 0 Å². The van der Waals surface area contributed by atoms with E-state index in [2.05, 4.69) is 10.2 Å². The highest BCUT2D eigenvalue weighted by atomic mass is 19.1. The lowest BCUT2D eigenvalue weighted by atomic mass is 9.98. The number of halogens is 1. The maximum Gasteiger partial charge on any atom is 0.233 e. The van der Waals surface area contributed by atoms with Gasteiger partial charge in [-0.15, -0.1) is 0 Å². The summed E-state index contributed by atoms with van der Waals surface area (Å²) in [6, 6.07) is 6.90. The van der Waals surface area contributed by atoms with Crippen LogP contribution in [0.5, 0.6) is 0 Å². The predicted molar refractivity (Wildman–Crippen MR) is 64.3 cm³/mol. The quantitative estimate of drug-likeness (QED) is 0.859. The van der Waals surface area contributed by atoms with Crippen molar-refractivity contribution in [2.24, 2.45) is 0 Å². The molecule has 0 radical (unpaired) electrons. The summed E-state index contributed by atoms with van der Waals surface area (Å²) in [5.74, 6) is 0.0827. The van der Waals surface area contributed by atoms with Crippen molar-refractivity contribution in [1.29, 1.82) is 0 Å². The fraction of sp³-hybridized carbons (Fsp3) is 0.462. The standard InChI is InChI=1S/C13H17FN2O/c1-15-13(17)9-16-7-6-10(8-16)11-4-2-3-5-12(11)14/h2-5,10H,6-9H2,1H3,(H,15,17). The molecule has 1 amide bonds. The topological polar surface area (TPSA) is 32.3 Å². The van der Waals surface area contributed by atoms with Gasteiger partial charge in [0.1, 0.15) is 5.82 Å². The van der Waals surface area contributed by atoms with E-state index in [-0.39, 0.29) is 17.6 Å². The molecule has 0 bridgehead atoms. The molecule has 1 heterocycles. The number of nitrogens with one attached hydrogen (secondary N) is 1. The van der Waals surface area contributed by atoms with Gasteiger partial charge in [0, 0.05) is 19.5 Å². The number of likely N-dealkylation sites (tertiary alicyclic amines) is 1. The molecular weight excluding hydrogens is 219 g/mol. The van der Waals surface area contributed by atoms with Crippen molar-refractivity contribution in [2.75, 3.05) is 26.7 Å². The zero-order chi connectivity index (χ0) is 12.3. The van der Waals surface area contributed by atoms with Crippen LogP contribution in [0.3, 0.4) is 0 Å². The Bertz CT molecular complexity index is 408. The second-order valence-corrected chi connectivity index (χ2v) is 4.42. The lowest BCUT2D eigenvalue weighted by Crippen LogP contribution is -2.34. The van der Waals surface area contributed by atoms with Crippen molar-refractivity contribution in [1.82, 2.24) is 10.2 Å². The number of likely N-dealkylation sites (N-methyl/N-ethyl adjacent to an activating group) is 1. The van der Waals surface area contributed by atoms with Gasteiger partial charge in [-0.2, -0.15) is 0 Å². The van der Waals surface area contributed by atoms with Gasteiger partial charge in [-0.05, 0) is 24.6 Å². The third-order valence-corrected chi connectivity index (χ3v) is 3.26. The second-order valence-electron chi connectivity index (χ2n) is 4.42. The van der Waals surface area contributed by atoms with Crippen LogP contribution in [-0.4, -0.2) is 37.5 Å². The Morgan fingerprint density at radius 2 is 2.29 bits per heavy atom. The maximum atomic E-state index is 13.6. The summed E-state index contributed by atoms with van der Waals surface area (Å²) in [6.07, 6.45) is 0.915. The number of nitrogens with zero attached hydrogens (tertiary/aromatic N) is 1. The normalized spacial score (nSPS) is 20.5. The Labute approximate surface area is 101 Å². The van der Waals surface area contributed by atoms with Gasteiger partial charge in [-0.3, -0.25) is 9.69 Å². The number of benzene rings is 1. The molecule has 1 aromatic carbocycles. The molecule has 1 fully saturated rings. The molecule has 0 aromatic heterocycles. The summed E-state index contributed by atoms with van der Waals surface area (Å²) in [7, 11) is 1.63. The average molecular weight is 236 g/mol. The van der Waals surface area contributed by atoms with E-state index in [1.165, 1.54) is 6.07 Å². The summed E-state index contributed by atoms with van der Waals surface area (Å²) < 4.78 is 13.6. The maximum absolute atomic E-state index is 13.6. The number of carbonyl (C=O) groups is 1. The molecule has 4 heteroatoms. The van der Waals surface area contributed by atoms with E-state index in [4.69, 9.17) is 0 Å². The van der Waals surface area contributed by atoms with Gasteiger partial charge in [0.2, 0.25) is 5.91 Å². The van der Waals surface area contributed by atoms with Crippen LogP contribution in [0.4, 0.5) is 4.39 Å². The number of carbonyl (C=O) groups excluding carboxylic acids is 1. The lowest BCUT2D eigenvalue weighted by molar-refractivity contribution is -0.121. The summed E-state index contributed by atoms with van der Waals surface area (Å²) in [4.78, 5) is 13.3. The lowest BCUT2D eigenvalue weighted by Gasteiger charge is -2.15. The average Bonchev–Trinajstić information content (AvgIpc) is 2.78. The van der Waals surface area contributed by atoms with Crippen molar-refractivity contribution in [3.63, 3.8) is 0 Å². The Balaban J connectivity index is 1.98. The summed E-state index contributed by atoms with van der Waals surface area (Å²) >= 11 is 0. The summed E-state index contributed by atoms with van der Waals surface area (Å²) in [5, 5.41) is 2.60. The van der Waals surface area contributed by atoms with Gasteiger partial charge in [0.05, 0.1) is 6.54 Å². The zero-order valence-corrected chi connectivity index (χ0v) is 9.95. The Hall–Kier alpha value is -1.42. The molecule has 2 rings (SSSR count). The molecule has 1 aliphatic rings. The summed E-state index contributed by atoms with van der Waals surface area (Å²) in [6.45, 7) is 2.02. The molecule has 0 aliphatic carbocycles.